The van der Waals surface area contributed by atoms with Crippen LogP contribution >= 0.6 is 0 Å². The second-order valence-electron chi connectivity index (χ2n) is 7.84. The highest BCUT2D eigenvalue weighted by atomic mass is 16.9. The van der Waals surface area contributed by atoms with Crippen LogP contribution in [0.25, 0.3) is 11.4 Å². The van der Waals surface area contributed by atoms with Crippen molar-refractivity contribution in [3.63, 3.8) is 0 Å². The van der Waals surface area contributed by atoms with Gasteiger partial charge in [-0.1, -0.05) is 12.2 Å². The third-order valence-corrected chi connectivity index (χ3v) is 6.02. The molecule has 3 aliphatic rings. The van der Waals surface area contributed by atoms with Crippen molar-refractivity contribution in [3.8, 4) is 5.69 Å². The Balaban J connectivity index is 1.84. The number of hydrogen-bond acceptors (Lipinski definition) is 12. The molecule has 19 nitrogen and oxygen atoms in total. The van der Waals surface area contributed by atoms with Crippen LogP contribution in [0.3, 0.4) is 0 Å². The predicted octanol–water partition coefficient (Wildman–Crippen LogP) is 0.786. The van der Waals surface area contributed by atoms with E-state index in [-0.39, 0.29) is 20.3 Å². The Morgan fingerprint density at radius 2 is 1.61 bits per heavy atom. The topological polar surface area (TPSA) is 253 Å². The molecule has 5 rings (SSSR count). The van der Waals surface area contributed by atoms with Gasteiger partial charge in [0.05, 0.1) is 49.1 Å². The van der Waals surface area contributed by atoms with Gasteiger partial charge in [-0.15, -0.1) is 4.85 Å². The number of non-ortho nitro benzene ring substituents is 1. The van der Waals surface area contributed by atoms with Crippen molar-refractivity contribution in [1.82, 2.24) is 9.90 Å². The van der Waals surface area contributed by atoms with Crippen molar-refractivity contribution < 1.29 is 34.3 Å². The summed E-state index contributed by atoms with van der Waals surface area (Å²) in [5.41, 5.74) is -6.65. The fourth-order valence-electron chi connectivity index (χ4n) is 4.57. The van der Waals surface area contributed by atoms with E-state index in [1.54, 1.807) is 12.2 Å². The van der Waals surface area contributed by atoms with Gasteiger partial charge in [-0.25, -0.2) is 0 Å². The maximum Gasteiger partial charge on any atom is 0.333 e. The summed E-state index contributed by atoms with van der Waals surface area (Å²) in [5, 5.41) is 76.1. The zero-order valence-electron chi connectivity index (χ0n) is 17.4. The van der Waals surface area contributed by atoms with Crippen LogP contribution in [0.15, 0.2) is 30.4 Å². The summed E-state index contributed by atoms with van der Waals surface area (Å²) < 4.78 is 0. The van der Waals surface area contributed by atoms with Gasteiger partial charge >= 0.3 is 22.8 Å². The van der Waals surface area contributed by atoms with Crippen LogP contribution in [0.4, 0.5) is 17.1 Å². The molecule has 0 radical (unpaired) electrons. The van der Waals surface area contributed by atoms with Crippen LogP contribution in [0.2, 0.25) is 0 Å². The molecule has 0 saturated carbocycles. The smallest absolute Gasteiger partial charge is 0.333 e. The Bertz CT molecular complexity index is 1470. The second-order valence-corrected chi connectivity index (χ2v) is 7.84. The van der Waals surface area contributed by atoms with E-state index in [9.17, 15) is 50.9 Å². The molecule has 2 aromatic rings. The van der Waals surface area contributed by atoms with E-state index < -0.39 is 77.5 Å². The van der Waals surface area contributed by atoms with E-state index in [0.29, 0.717) is 18.6 Å². The number of aromatic nitrogens is 3. The van der Waals surface area contributed by atoms with Crippen molar-refractivity contribution in [3.05, 3.63) is 92.6 Å². The maximum absolute atomic E-state index is 13.5. The number of nitro benzene ring substituents is 3. The Morgan fingerprint density at radius 1 is 0.972 bits per heavy atom. The molecule has 1 aromatic carbocycles. The summed E-state index contributed by atoms with van der Waals surface area (Å²) >= 11 is 0. The van der Waals surface area contributed by atoms with Crippen LogP contribution in [0, 0.1) is 56.8 Å². The molecule has 0 spiro atoms. The highest BCUT2D eigenvalue weighted by Gasteiger charge is 2.55. The summed E-state index contributed by atoms with van der Waals surface area (Å²) in [7, 11) is 0. The number of allylic oxidation sites excluding steroid dienone is 2. The van der Waals surface area contributed by atoms with Gasteiger partial charge in [-0.2, -0.15) is 0 Å². The lowest BCUT2D eigenvalue weighted by atomic mass is 9.78. The van der Waals surface area contributed by atoms with Gasteiger partial charge in [0.25, 0.3) is 17.1 Å². The zero-order chi connectivity index (χ0) is 26.0. The van der Waals surface area contributed by atoms with Crippen molar-refractivity contribution in [2.75, 3.05) is 0 Å². The summed E-state index contributed by atoms with van der Waals surface area (Å²) in [6.45, 7) is 0. The van der Waals surface area contributed by atoms with Gasteiger partial charge in [0, 0.05) is 15.6 Å². The number of rotatable bonds is 5. The van der Waals surface area contributed by atoms with Gasteiger partial charge in [-0.05, 0) is 6.42 Å². The van der Waals surface area contributed by atoms with E-state index in [4.69, 9.17) is 4.84 Å². The van der Waals surface area contributed by atoms with Crippen molar-refractivity contribution in [1.29, 1.82) is 0 Å². The first-order valence-corrected chi connectivity index (χ1v) is 9.89. The van der Waals surface area contributed by atoms with E-state index >= 15 is 0 Å². The molecule has 0 N–H and O–H groups in total. The lowest BCUT2D eigenvalue weighted by Crippen LogP contribution is -2.49. The number of benzene rings is 1. The van der Waals surface area contributed by atoms with E-state index in [1.807, 2.05) is 0 Å². The van der Waals surface area contributed by atoms with Gasteiger partial charge in [0.1, 0.15) is 5.92 Å². The average molecular weight is 502 g/mol. The molecule has 1 aromatic heterocycles. The van der Waals surface area contributed by atoms with Crippen molar-refractivity contribution in [2.45, 2.75) is 18.4 Å². The molecule has 19 heteroatoms. The third kappa shape index (κ3) is 3.02. The van der Waals surface area contributed by atoms with Crippen LogP contribution in [-0.2, 0) is 4.84 Å². The van der Waals surface area contributed by atoms with Gasteiger partial charge in [0.2, 0.25) is 5.69 Å². The molecular formula is C17H10N8O11. The minimum absolute atomic E-state index is 0.0298. The number of nitro groups is 4. The first-order valence-electron chi connectivity index (χ1n) is 9.89. The Morgan fingerprint density at radius 3 is 2.17 bits per heavy atom. The third-order valence-electron chi connectivity index (χ3n) is 6.02. The highest BCUT2D eigenvalue weighted by Crippen LogP contribution is 2.44. The summed E-state index contributed by atoms with van der Waals surface area (Å²) in [5.74, 6) is -1.69. The largest absolute Gasteiger partial charge is 0.692 e. The molecule has 0 unspecified atom stereocenters. The molecule has 184 valence electrons. The Labute approximate surface area is 196 Å². The molecule has 0 amide bonds. The average Bonchev–Trinajstić information content (AvgIpc) is 3.41. The number of nitrogens with zero attached hydrogens (tertiary/aromatic N) is 8. The number of hydrogen-bond donors (Lipinski definition) is 0. The predicted molar refractivity (Wildman–Crippen MR) is 111 cm³/mol. The van der Waals surface area contributed by atoms with Crippen molar-refractivity contribution >= 4 is 28.5 Å². The highest BCUT2D eigenvalue weighted by molar-refractivity contribution is 6.03. The lowest BCUT2D eigenvalue weighted by Gasteiger charge is -2.32. The second kappa shape index (κ2) is 7.51. The standard InChI is InChI=1S/C17H10N8O11/c26-20-17-14-8-2-1-3-13(8)36-25(35)9(14)6-10(22(29)30)15(17)18-19(20)16-11(23(31)32)4-7(21(27)28)5-12(16)24(33)34/h1,3-6,8,13-14H,2H2/t8-,13+,14-/m0/s1. The molecule has 2 heterocycles. The first-order chi connectivity index (χ1) is 17.0. The SMILES string of the molecule is O=[N+]([O-])C1=CC2=[N+]([O-])O[C@@H]3C=CC[C@@H]3[C@@H]2c2c1nn(-c1c([N+](=O)[O-])cc([N+](=O)[O-])cc1[N+](=O)[O-])[n+]2[O-]. The minimum atomic E-state index is -1.21. The lowest BCUT2D eigenvalue weighted by molar-refractivity contribution is -0.759. The molecular weight excluding hydrogens is 492 g/mol. The fourth-order valence-corrected chi connectivity index (χ4v) is 4.57. The van der Waals surface area contributed by atoms with Crippen LogP contribution in [0.5, 0.6) is 0 Å². The Hall–Kier alpha value is -5.49. The van der Waals surface area contributed by atoms with Gasteiger partial charge in [0.15, 0.2) is 0 Å². The van der Waals surface area contributed by atoms with Crippen LogP contribution in [-0.4, -0.2) is 46.3 Å². The van der Waals surface area contributed by atoms with Gasteiger partial charge in [-0.3, -0.25) is 45.7 Å². The van der Waals surface area contributed by atoms with Crippen LogP contribution < -0.4 is 4.85 Å². The van der Waals surface area contributed by atoms with E-state index in [0.717, 1.165) is 6.08 Å². The molecule has 2 aliphatic carbocycles. The van der Waals surface area contributed by atoms with E-state index in [1.165, 1.54) is 0 Å². The molecule has 0 bridgehead atoms. The monoisotopic (exact) mass is 502 g/mol. The first kappa shape index (κ1) is 22.3. The molecule has 0 saturated heterocycles. The number of fused-ring (bicyclic) bond motifs is 5. The maximum atomic E-state index is 13.5. The molecule has 3 atom stereocenters. The normalized spacial score (nSPS) is 21.7. The van der Waals surface area contributed by atoms with Crippen LogP contribution in [0.1, 0.15) is 23.7 Å². The quantitative estimate of drug-likeness (QED) is 0.181. The fraction of sp³-hybridized carbons (Fsp3) is 0.235. The molecule has 36 heavy (non-hydrogen) atoms. The molecule has 0 fully saturated rings. The Kier molecular flexibility index (Phi) is 4.65. The van der Waals surface area contributed by atoms with E-state index in [2.05, 4.69) is 5.10 Å². The summed E-state index contributed by atoms with van der Waals surface area (Å²) in [6.07, 6.45) is 3.59. The minimum Gasteiger partial charge on any atom is -0.692 e. The zero-order valence-corrected chi connectivity index (χ0v) is 17.4. The molecule has 1 aliphatic heterocycles. The van der Waals surface area contributed by atoms with Crippen molar-refractivity contribution in [2.24, 2.45) is 5.92 Å². The summed E-state index contributed by atoms with van der Waals surface area (Å²) in [6, 6.07) is 0.797. The van der Waals surface area contributed by atoms with Gasteiger partial charge < -0.3 is 10.0 Å². The summed E-state index contributed by atoms with van der Waals surface area (Å²) in [4.78, 5) is 47.2.